The third kappa shape index (κ3) is 7.77. The van der Waals surface area contributed by atoms with Crippen molar-refractivity contribution in [2.24, 2.45) is 5.73 Å². The minimum atomic E-state index is -4.57. The Bertz CT molecular complexity index is 593. The van der Waals surface area contributed by atoms with Crippen LogP contribution in [0.1, 0.15) is 64.5 Å². The van der Waals surface area contributed by atoms with Crippen molar-refractivity contribution in [3.8, 4) is 0 Å². The van der Waals surface area contributed by atoms with Crippen LogP contribution >= 0.6 is 0 Å². The van der Waals surface area contributed by atoms with E-state index in [2.05, 4.69) is 6.92 Å². The summed E-state index contributed by atoms with van der Waals surface area (Å²) < 4.78 is 44.5. The fourth-order valence-corrected chi connectivity index (χ4v) is 2.82. The number of nitrogens with two attached hydrogens (primary N) is 1. The van der Waals surface area contributed by atoms with Gasteiger partial charge in [-0.05, 0) is 44.7 Å². The van der Waals surface area contributed by atoms with Gasteiger partial charge < -0.3 is 10.5 Å². The van der Waals surface area contributed by atoms with Gasteiger partial charge in [0.15, 0.2) is 0 Å². The summed E-state index contributed by atoms with van der Waals surface area (Å²) in [5, 5.41) is 0. The first-order valence-corrected chi connectivity index (χ1v) is 9.02. The molecule has 0 aliphatic rings. The number of hydrogen-bond acceptors (Lipinski definition) is 3. The van der Waals surface area contributed by atoms with Gasteiger partial charge in [0.1, 0.15) is 11.1 Å². The summed E-state index contributed by atoms with van der Waals surface area (Å²) in [6, 6.07) is 7.22. The number of carbonyl (C=O) groups excluding carboxylic acids is 1. The Morgan fingerprint density at radius 1 is 1.08 bits per heavy atom. The van der Waals surface area contributed by atoms with Gasteiger partial charge in [-0.25, -0.2) is 0 Å². The number of esters is 1. The monoisotopic (exact) mass is 373 g/mol. The molecule has 0 unspecified atom stereocenters. The van der Waals surface area contributed by atoms with E-state index in [-0.39, 0.29) is 6.42 Å². The van der Waals surface area contributed by atoms with Crippen LogP contribution in [0.4, 0.5) is 13.2 Å². The number of unbranched alkanes of at least 4 members (excludes halogenated alkanes) is 2. The third-order valence-corrected chi connectivity index (χ3v) is 4.00. The van der Waals surface area contributed by atoms with Crippen LogP contribution < -0.4 is 5.73 Å². The van der Waals surface area contributed by atoms with Gasteiger partial charge in [-0.3, -0.25) is 4.79 Å². The second kappa shape index (κ2) is 8.89. The van der Waals surface area contributed by atoms with Crippen LogP contribution in [0.25, 0.3) is 0 Å². The highest BCUT2D eigenvalue weighted by Gasteiger charge is 2.47. The SMILES string of the molecule is CCCCCc1ccccc1C[C@](N)(CC(F)(F)F)C(=O)OC(C)(C)C. The Kier molecular flexibility index (Phi) is 7.69. The van der Waals surface area contributed by atoms with Crippen molar-refractivity contribution in [3.05, 3.63) is 35.4 Å². The molecular formula is C20H30F3NO2. The van der Waals surface area contributed by atoms with Crippen molar-refractivity contribution in [1.29, 1.82) is 0 Å². The number of hydrogen-bond donors (Lipinski definition) is 1. The molecule has 0 fully saturated rings. The van der Waals surface area contributed by atoms with Gasteiger partial charge in [0.25, 0.3) is 0 Å². The van der Waals surface area contributed by atoms with E-state index in [9.17, 15) is 18.0 Å². The van der Waals surface area contributed by atoms with Crippen molar-refractivity contribution in [2.45, 2.75) is 83.5 Å². The average molecular weight is 373 g/mol. The Balaban J connectivity index is 3.11. The summed E-state index contributed by atoms with van der Waals surface area (Å²) in [7, 11) is 0. The second-order valence-electron chi connectivity index (χ2n) is 7.85. The summed E-state index contributed by atoms with van der Waals surface area (Å²) in [5.74, 6) is -1.02. The van der Waals surface area contributed by atoms with Crippen LogP contribution in [0.15, 0.2) is 24.3 Å². The van der Waals surface area contributed by atoms with E-state index in [0.717, 1.165) is 31.2 Å². The lowest BCUT2D eigenvalue weighted by Gasteiger charge is -2.32. The zero-order chi connectivity index (χ0) is 20.0. The molecule has 0 amide bonds. The van der Waals surface area contributed by atoms with Crippen LogP contribution in [0.2, 0.25) is 0 Å². The van der Waals surface area contributed by atoms with E-state index < -0.39 is 29.7 Å². The van der Waals surface area contributed by atoms with Crippen molar-refractivity contribution in [3.63, 3.8) is 0 Å². The van der Waals surface area contributed by atoms with Crippen LogP contribution in [0.5, 0.6) is 0 Å². The minimum Gasteiger partial charge on any atom is -0.459 e. The first-order chi connectivity index (χ1) is 11.9. The number of aryl methyl sites for hydroxylation is 1. The van der Waals surface area contributed by atoms with Gasteiger partial charge in [0.05, 0.1) is 6.42 Å². The number of carbonyl (C=O) groups is 1. The highest BCUT2D eigenvalue weighted by atomic mass is 19.4. The molecule has 1 aromatic rings. The molecule has 0 saturated heterocycles. The molecule has 0 spiro atoms. The van der Waals surface area contributed by atoms with E-state index in [1.54, 1.807) is 32.9 Å². The maximum absolute atomic E-state index is 13.1. The molecular weight excluding hydrogens is 343 g/mol. The van der Waals surface area contributed by atoms with Gasteiger partial charge in [-0.1, -0.05) is 44.0 Å². The van der Waals surface area contributed by atoms with Crippen LogP contribution in [-0.2, 0) is 22.4 Å². The largest absolute Gasteiger partial charge is 0.459 e. The highest BCUT2D eigenvalue weighted by molar-refractivity contribution is 5.81. The van der Waals surface area contributed by atoms with Crippen molar-refractivity contribution >= 4 is 5.97 Å². The summed E-state index contributed by atoms with van der Waals surface area (Å²) in [4.78, 5) is 12.5. The molecule has 3 nitrogen and oxygen atoms in total. The predicted octanol–water partition coefficient (Wildman–Crippen LogP) is 4.95. The molecule has 1 rings (SSSR count). The Morgan fingerprint density at radius 3 is 2.15 bits per heavy atom. The fourth-order valence-electron chi connectivity index (χ4n) is 2.82. The maximum Gasteiger partial charge on any atom is 0.391 e. The smallest absolute Gasteiger partial charge is 0.391 e. The molecule has 0 aliphatic heterocycles. The minimum absolute atomic E-state index is 0.205. The lowest BCUT2D eigenvalue weighted by atomic mass is 9.85. The Morgan fingerprint density at radius 2 is 1.65 bits per heavy atom. The fraction of sp³-hybridized carbons (Fsp3) is 0.650. The van der Waals surface area contributed by atoms with E-state index >= 15 is 0 Å². The first kappa shape index (κ1) is 22.5. The van der Waals surface area contributed by atoms with Gasteiger partial charge >= 0.3 is 12.1 Å². The highest BCUT2D eigenvalue weighted by Crippen LogP contribution is 2.31. The van der Waals surface area contributed by atoms with Crippen LogP contribution in [-0.4, -0.2) is 23.3 Å². The maximum atomic E-state index is 13.1. The van der Waals surface area contributed by atoms with Gasteiger partial charge in [0.2, 0.25) is 0 Å². The van der Waals surface area contributed by atoms with Crippen LogP contribution in [0.3, 0.4) is 0 Å². The van der Waals surface area contributed by atoms with Crippen LogP contribution in [0, 0.1) is 0 Å². The molecule has 1 aromatic carbocycles. The molecule has 1 atom stereocenters. The number of rotatable bonds is 8. The number of halogens is 3. The molecule has 2 N–H and O–H groups in total. The lowest BCUT2D eigenvalue weighted by molar-refractivity contribution is -0.179. The lowest BCUT2D eigenvalue weighted by Crippen LogP contribution is -2.55. The van der Waals surface area contributed by atoms with Gasteiger partial charge in [0, 0.05) is 6.42 Å². The molecule has 0 bridgehead atoms. The van der Waals surface area contributed by atoms with Crippen molar-refractivity contribution in [2.75, 3.05) is 0 Å². The topological polar surface area (TPSA) is 52.3 Å². The molecule has 0 aliphatic carbocycles. The second-order valence-corrected chi connectivity index (χ2v) is 7.85. The number of alkyl halides is 3. The first-order valence-electron chi connectivity index (χ1n) is 9.02. The van der Waals surface area contributed by atoms with Gasteiger partial charge in [-0.2, -0.15) is 13.2 Å². The normalized spacial score (nSPS) is 14.8. The zero-order valence-corrected chi connectivity index (χ0v) is 16.1. The molecule has 0 heterocycles. The Hall–Kier alpha value is -1.56. The summed E-state index contributed by atoms with van der Waals surface area (Å²) in [6.45, 7) is 6.91. The Labute approximate surface area is 154 Å². The third-order valence-electron chi connectivity index (χ3n) is 4.00. The summed E-state index contributed by atoms with van der Waals surface area (Å²) in [6.07, 6.45) is -2.41. The van der Waals surface area contributed by atoms with E-state index in [1.165, 1.54) is 0 Å². The molecule has 148 valence electrons. The molecule has 6 heteroatoms. The number of ether oxygens (including phenoxy) is 1. The van der Waals surface area contributed by atoms with E-state index in [0.29, 0.717) is 5.56 Å². The molecule has 26 heavy (non-hydrogen) atoms. The molecule has 0 aromatic heterocycles. The van der Waals surface area contributed by atoms with E-state index in [1.807, 2.05) is 12.1 Å². The van der Waals surface area contributed by atoms with E-state index in [4.69, 9.17) is 10.5 Å². The standard InChI is InChI=1S/C20H30F3NO2/c1-5-6-7-10-15-11-8-9-12-16(15)13-19(24,14-20(21,22)23)17(25)26-18(2,3)4/h8-9,11-12H,5-7,10,13-14,24H2,1-4H3/t19-/m0/s1. The van der Waals surface area contributed by atoms with Crippen molar-refractivity contribution in [1.82, 2.24) is 0 Å². The molecule has 0 saturated carbocycles. The summed E-state index contributed by atoms with van der Waals surface area (Å²) in [5.41, 5.74) is 4.54. The zero-order valence-electron chi connectivity index (χ0n) is 16.1. The number of benzene rings is 1. The quantitative estimate of drug-likeness (QED) is 0.518. The predicted molar refractivity (Wildman–Crippen MR) is 96.8 cm³/mol. The average Bonchev–Trinajstić information content (AvgIpc) is 2.45. The molecule has 0 radical (unpaired) electrons. The van der Waals surface area contributed by atoms with Gasteiger partial charge in [-0.15, -0.1) is 0 Å². The van der Waals surface area contributed by atoms with Crippen molar-refractivity contribution < 1.29 is 22.7 Å². The summed E-state index contributed by atoms with van der Waals surface area (Å²) >= 11 is 0.